The molecular formula is C20H34N4O. The van der Waals surface area contributed by atoms with Gasteiger partial charge in [-0.1, -0.05) is 32.0 Å². The van der Waals surface area contributed by atoms with Crippen LogP contribution in [0.4, 0.5) is 5.69 Å². The van der Waals surface area contributed by atoms with Crippen LogP contribution in [-0.4, -0.2) is 52.4 Å². The van der Waals surface area contributed by atoms with Crippen molar-refractivity contribution >= 4 is 11.6 Å². The Morgan fingerprint density at radius 3 is 2.76 bits per heavy atom. The number of ether oxygens (including phenoxy) is 1. The molecule has 1 aromatic rings. The van der Waals surface area contributed by atoms with Gasteiger partial charge >= 0.3 is 0 Å². The van der Waals surface area contributed by atoms with Crippen LogP contribution in [0.25, 0.3) is 0 Å². The van der Waals surface area contributed by atoms with Crippen molar-refractivity contribution in [3.63, 3.8) is 0 Å². The van der Waals surface area contributed by atoms with Crippen molar-refractivity contribution in [1.29, 1.82) is 0 Å². The number of nitrogens with zero attached hydrogens (tertiary/aromatic N) is 2. The molecular weight excluding hydrogens is 312 g/mol. The van der Waals surface area contributed by atoms with Crippen molar-refractivity contribution in [3.05, 3.63) is 30.3 Å². The summed E-state index contributed by atoms with van der Waals surface area (Å²) in [7, 11) is 1.82. The van der Waals surface area contributed by atoms with Crippen LogP contribution in [-0.2, 0) is 4.74 Å². The first-order valence-electron chi connectivity index (χ1n) is 9.51. The molecule has 1 atom stereocenters. The number of guanidine groups is 1. The average Bonchev–Trinajstić information content (AvgIpc) is 3.10. The molecule has 5 heteroatoms. The highest BCUT2D eigenvalue weighted by molar-refractivity contribution is 5.79. The van der Waals surface area contributed by atoms with E-state index < -0.39 is 0 Å². The molecule has 0 saturated carbocycles. The Morgan fingerprint density at radius 1 is 1.24 bits per heavy atom. The minimum atomic E-state index is 0.654. The fraction of sp³-hybridized carbons (Fsp3) is 0.650. The quantitative estimate of drug-likeness (QED) is 0.410. The second kappa shape index (κ2) is 11.0. The van der Waals surface area contributed by atoms with Gasteiger partial charge in [-0.25, -0.2) is 0 Å². The Kier molecular flexibility index (Phi) is 8.60. The number of hydrogen-bond acceptors (Lipinski definition) is 3. The number of nitrogens with one attached hydrogen (secondary N) is 2. The van der Waals surface area contributed by atoms with Crippen LogP contribution in [0.3, 0.4) is 0 Å². The van der Waals surface area contributed by atoms with Gasteiger partial charge in [-0.05, 0) is 36.8 Å². The molecule has 2 N–H and O–H groups in total. The molecule has 0 aliphatic carbocycles. The molecule has 0 spiro atoms. The molecule has 0 bridgehead atoms. The molecule has 25 heavy (non-hydrogen) atoms. The Morgan fingerprint density at radius 2 is 2.04 bits per heavy atom. The van der Waals surface area contributed by atoms with E-state index in [4.69, 9.17) is 4.74 Å². The van der Waals surface area contributed by atoms with Gasteiger partial charge in [0.15, 0.2) is 5.96 Å². The summed E-state index contributed by atoms with van der Waals surface area (Å²) in [5.41, 5.74) is 1.33. The molecule has 0 amide bonds. The Balaban J connectivity index is 1.60. The fourth-order valence-corrected chi connectivity index (χ4v) is 3.00. The van der Waals surface area contributed by atoms with Crippen molar-refractivity contribution in [2.45, 2.75) is 26.7 Å². The van der Waals surface area contributed by atoms with Gasteiger partial charge in [0.25, 0.3) is 0 Å². The lowest BCUT2D eigenvalue weighted by Crippen LogP contribution is -2.41. The van der Waals surface area contributed by atoms with Crippen LogP contribution >= 0.6 is 0 Å². The zero-order valence-corrected chi connectivity index (χ0v) is 16.0. The molecule has 1 aromatic carbocycles. The first-order chi connectivity index (χ1) is 12.2. The largest absolute Gasteiger partial charge is 0.380 e. The van der Waals surface area contributed by atoms with Crippen molar-refractivity contribution < 1.29 is 4.74 Å². The highest BCUT2D eigenvalue weighted by Gasteiger charge is 2.22. The van der Waals surface area contributed by atoms with Gasteiger partial charge in [-0.2, -0.15) is 0 Å². The maximum absolute atomic E-state index is 5.63. The molecule has 1 saturated heterocycles. The summed E-state index contributed by atoms with van der Waals surface area (Å²) >= 11 is 0. The van der Waals surface area contributed by atoms with Gasteiger partial charge in [0.05, 0.1) is 6.61 Å². The van der Waals surface area contributed by atoms with E-state index in [1.165, 1.54) is 12.1 Å². The van der Waals surface area contributed by atoms with E-state index in [0.717, 1.165) is 51.8 Å². The summed E-state index contributed by atoms with van der Waals surface area (Å²) < 4.78 is 5.63. The Hall–Kier alpha value is -1.75. The first kappa shape index (κ1) is 19.6. The molecule has 140 valence electrons. The van der Waals surface area contributed by atoms with Gasteiger partial charge in [-0.3, -0.25) is 4.99 Å². The Labute approximate surface area is 152 Å². The number of benzene rings is 1. The first-order valence-corrected chi connectivity index (χ1v) is 9.51. The minimum absolute atomic E-state index is 0.654. The maximum atomic E-state index is 5.63. The summed E-state index contributed by atoms with van der Waals surface area (Å²) in [6, 6.07) is 10.7. The van der Waals surface area contributed by atoms with E-state index in [-0.39, 0.29) is 0 Å². The summed E-state index contributed by atoms with van der Waals surface area (Å²) in [4.78, 5) is 6.76. The second-order valence-electron chi connectivity index (χ2n) is 7.11. The summed E-state index contributed by atoms with van der Waals surface area (Å²) in [5, 5.41) is 6.77. The fourth-order valence-electron chi connectivity index (χ4n) is 3.00. The van der Waals surface area contributed by atoms with Crippen molar-refractivity contribution in [1.82, 2.24) is 10.6 Å². The minimum Gasteiger partial charge on any atom is -0.380 e. The predicted molar refractivity (Wildman–Crippen MR) is 106 cm³/mol. The molecule has 1 unspecified atom stereocenters. The maximum Gasteiger partial charge on any atom is 0.191 e. The molecule has 1 heterocycles. The number of anilines is 1. The summed E-state index contributed by atoms with van der Waals surface area (Å²) in [5.74, 6) is 2.22. The Bertz CT molecular complexity index is 504. The predicted octanol–water partition coefficient (Wildman–Crippen LogP) is 2.74. The lowest BCUT2D eigenvalue weighted by atomic mass is 10.1. The van der Waals surface area contributed by atoms with E-state index in [1.807, 2.05) is 7.05 Å². The van der Waals surface area contributed by atoms with Crippen molar-refractivity contribution in [2.24, 2.45) is 16.8 Å². The lowest BCUT2D eigenvalue weighted by Gasteiger charge is -2.19. The van der Waals surface area contributed by atoms with E-state index in [9.17, 15) is 0 Å². The topological polar surface area (TPSA) is 48.9 Å². The zero-order chi connectivity index (χ0) is 17.9. The van der Waals surface area contributed by atoms with Crippen molar-refractivity contribution in [3.8, 4) is 0 Å². The zero-order valence-electron chi connectivity index (χ0n) is 16.0. The summed E-state index contributed by atoms with van der Waals surface area (Å²) in [6.07, 6.45) is 2.34. The van der Waals surface area contributed by atoms with E-state index in [0.29, 0.717) is 11.8 Å². The highest BCUT2D eigenvalue weighted by Crippen LogP contribution is 2.22. The van der Waals surface area contributed by atoms with E-state index in [1.54, 1.807) is 0 Å². The van der Waals surface area contributed by atoms with Crippen molar-refractivity contribution in [2.75, 3.05) is 51.3 Å². The van der Waals surface area contributed by atoms with Crippen LogP contribution in [0.1, 0.15) is 26.7 Å². The molecule has 2 rings (SSSR count). The monoisotopic (exact) mass is 346 g/mol. The molecule has 5 nitrogen and oxygen atoms in total. The van der Waals surface area contributed by atoms with Gasteiger partial charge in [-0.15, -0.1) is 0 Å². The summed E-state index contributed by atoms with van der Waals surface area (Å²) in [6.45, 7) is 9.97. The average molecular weight is 347 g/mol. The molecule has 0 aromatic heterocycles. The van der Waals surface area contributed by atoms with E-state index in [2.05, 4.69) is 64.7 Å². The van der Waals surface area contributed by atoms with Crippen LogP contribution in [0.15, 0.2) is 35.3 Å². The number of hydrogen-bond donors (Lipinski definition) is 2. The number of aliphatic imine (C=N–C) groups is 1. The van der Waals surface area contributed by atoms with Gasteiger partial charge in [0.2, 0.25) is 0 Å². The molecule has 1 aliphatic rings. The third-order valence-electron chi connectivity index (χ3n) is 4.57. The highest BCUT2D eigenvalue weighted by atomic mass is 16.5. The normalized spacial score (nSPS) is 18.0. The van der Waals surface area contributed by atoms with Gasteiger partial charge < -0.3 is 20.3 Å². The third kappa shape index (κ3) is 7.34. The number of rotatable bonds is 9. The van der Waals surface area contributed by atoms with Crippen LogP contribution < -0.4 is 15.5 Å². The molecule has 1 fully saturated rings. The molecule has 0 radical (unpaired) electrons. The lowest BCUT2D eigenvalue weighted by molar-refractivity contribution is 0.128. The van der Waals surface area contributed by atoms with E-state index >= 15 is 0 Å². The number of para-hydroxylation sites is 1. The van der Waals surface area contributed by atoms with Crippen LogP contribution in [0, 0.1) is 11.8 Å². The second-order valence-corrected chi connectivity index (χ2v) is 7.11. The van der Waals surface area contributed by atoms with Gasteiger partial charge in [0, 0.05) is 45.5 Å². The SMILES string of the molecule is CN=C(NCCOCCC(C)C)NCC1CCN(c2ccccc2)C1. The van der Waals surface area contributed by atoms with Gasteiger partial charge in [0.1, 0.15) is 0 Å². The van der Waals surface area contributed by atoms with Crippen LogP contribution in [0.2, 0.25) is 0 Å². The third-order valence-corrected chi connectivity index (χ3v) is 4.57. The standard InChI is InChI=1S/C20H34N4O/c1-17(2)10-13-25-14-11-22-20(21-3)23-15-18-9-12-24(16-18)19-7-5-4-6-8-19/h4-8,17-18H,9-16H2,1-3H3,(H2,21,22,23). The molecule has 1 aliphatic heterocycles. The van der Waals surface area contributed by atoms with Crippen LogP contribution in [0.5, 0.6) is 0 Å². The smallest absolute Gasteiger partial charge is 0.191 e.